The Kier molecular flexibility index (Phi) is 7.31. The predicted molar refractivity (Wildman–Crippen MR) is 136 cm³/mol. The standard InChI is InChI=1S/C21H22ClN5O9P2/c22-21-25-18(24-13-6-5-11-3-1-2-4-12(11)7-13)15-19(26-21)27(9-23-15)20-17(29)16(28)14(36-20)8-35-38(33,34)10-37(30,31)32/h1-7,9,14,16-17,20,28-29H,8,10H2,(H,33,34)(H,24,25,26)(H2,30,31,32)/t14-,16+,17?,20-/m1/s1. The summed E-state index contributed by atoms with van der Waals surface area (Å²) in [7, 11) is -9.53. The maximum Gasteiger partial charge on any atom is 0.340 e. The maximum atomic E-state index is 11.9. The largest absolute Gasteiger partial charge is 0.387 e. The highest BCUT2D eigenvalue weighted by Crippen LogP contribution is 2.55. The van der Waals surface area contributed by atoms with E-state index in [1.807, 2.05) is 42.5 Å². The summed E-state index contributed by atoms with van der Waals surface area (Å²) >= 11 is 6.17. The number of nitrogens with one attached hydrogen (secondary N) is 1. The third kappa shape index (κ3) is 5.75. The fourth-order valence-electron chi connectivity index (χ4n) is 4.13. The topological polar surface area (TPSA) is 209 Å². The van der Waals surface area contributed by atoms with Crippen LogP contribution in [-0.4, -0.2) is 75.2 Å². The molecular formula is C21H22ClN5O9P2. The second-order valence-corrected chi connectivity index (χ2v) is 13.0. The maximum absolute atomic E-state index is 11.9. The van der Waals surface area contributed by atoms with E-state index in [9.17, 15) is 24.2 Å². The molecule has 4 aromatic rings. The summed E-state index contributed by atoms with van der Waals surface area (Å²) in [6.45, 7) is -0.723. The van der Waals surface area contributed by atoms with Crippen LogP contribution in [0.4, 0.5) is 11.5 Å². The van der Waals surface area contributed by atoms with E-state index in [4.69, 9.17) is 30.6 Å². The molecule has 0 aliphatic carbocycles. The van der Waals surface area contributed by atoms with Crippen LogP contribution in [0.1, 0.15) is 6.23 Å². The molecule has 202 valence electrons. The van der Waals surface area contributed by atoms with E-state index in [0.29, 0.717) is 5.69 Å². The van der Waals surface area contributed by atoms with E-state index in [0.717, 1.165) is 10.8 Å². The average molecular weight is 586 g/mol. The Morgan fingerprint density at radius 2 is 1.79 bits per heavy atom. The molecule has 17 heteroatoms. The number of hydrogen-bond donors (Lipinski definition) is 6. The SMILES string of the molecule is O=P(O)(O)CP(=O)(O)OC[C@H]1O[C@@H](n2cnc3c(Nc4ccc5ccccc5c4)nc(Cl)nc32)C(O)[C@H]1O. The van der Waals surface area contributed by atoms with Crippen LogP contribution in [0.15, 0.2) is 48.8 Å². The number of aliphatic hydroxyl groups excluding tert-OH is 2. The van der Waals surface area contributed by atoms with Gasteiger partial charge >= 0.3 is 15.2 Å². The van der Waals surface area contributed by atoms with Crippen LogP contribution in [0.25, 0.3) is 21.9 Å². The molecule has 2 unspecified atom stereocenters. The lowest BCUT2D eigenvalue weighted by molar-refractivity contribution is -0.0483. The van der Waals surface area contributed by atoms with Crippen LogP contribution in [0, 0.1) is 0 Å². The number of benzene rings is 2. The van der Waals surface area contributed by atoms with Crippen molar-refractivity contribution >= 4 is 60.2 Å². The first-order valence-electron chi connectivity index (χ1n) is 11.1. The first kappa shape index (κ1) is 27.1. The lowest BCUT2D eigenvalue weighted by atomic mass is 10.1. The van der Waals surface area contributed by atoms with Crippen LogP contribution >= 0.6 is 26.8 Å². The molecule has 0 radical (unpaired) electrons. The van der Waals surface area contributed by atoms with E-state index >= 15 is 0 Å². The molecule has 0 bridgehead atoms. The van der Waals surface area contributed by atoms with Crippen molar-refractivity contribution in [2.75, 3.05) is 17.8 Å². The summed E-state index contributed by atoms with van der Waals surface area (Å²) in [5.74, 6) is -1.12. The highest BCUT2D eigenvalue weighted by Gasteiger charge is 2.45. The van der Waals surface area contributed by atoms with Crippen LogP contribution in [0.3, 0.4) is 0 Å². The van der Waals surface area contributed by atoms with Gasteiger partial charge in [0.25, 0.3) is 0 Å². The molecule has 6 N–H and O–H groups in total. The van der Waals surface area contributed by atoms with E-state index in [-0.39, 0.29) is 22.3 Å². The van der Waals surface area contributed by atoms with Crippen molar-refractivity contribution in [3.63, 3.8) is 0 Å². The molecule has 0 saturated carbocycles. The highest BCUT2D eigenvalue weighted by molar-refractivity contribution is 7.70. The number of ether oxygens (including phenoxy) is 1. The number of rotatable bonds is 8. The molecule has 5 rings (SSSR count). The third-order valence-electron chi connectivity index (χ3n) is 5.82. The summed E-state index contributed by atoms with van der Waals surface area (Å²) in [5, 5.41) is 26.1. The summed E-state index contributed by atoms with van der Waals surface area (Å²) in [5.41, 5.74) is 1.16. The van der Waals surface area contributed by atoms with Crippen molar-refractivity contribution in [1.29, 1.82) is 0 Å². The molecule has 1 fully saturated rings. The Balaban J connectivity index is 1.39. The van der Waals surface area contributed by atoms with Gasteiger partial charge in [0.2, 0.25) is 5.28 Å². The predicted octanol–water partition coefficient (Wildman–Crippen LogP) is 2.33. The van der Waals surface area contributed by atoms with Crippen molar-refractivity contribution < 1.29 is 43.3 Å². The first-order chi connectivity index (χ1) is 17.9. The molecule has 1 saturated heterocycles. The van der Waals surface area contributed by atoms with E-state index in [1.54, 1.807) is 0 Å². The van der Waals surface area contributed by atoms with Gasteiger partial charge in [-0.15, -0.1) is 0 Å². The molecule has 14 nitrogen and oxygen atoms in total. The molecule has 1 aliphatic rings. The molecular weight excluding hydrogens is 564 g/mol. The van der Waals surface area contributed by atoms with Crippen molar-refractivity contribution in [3.8, 4) is 0 Å². The molecule has 2 aromatic heterocycles. The molecule has 38 heavy (non-hydrogen) atoms. The zero-order valence-corrected chi connectivity index (χ0v) is 21.8. The van der Waals surface area contributed by atoms with Gasteiger partial charge in [-0.2, -0.15) is 9.97 Å². The van der Waals surface area contributed by atoms with E-state index in [1.165, 1.54) is 10.9 Å². The van der Waals surface area contributed by atoms with Crippen LogP contribution in [0.5, 0.6) is 0 Å². The monoisotopic (exact) mass is 585 g/mol. The van der Waals surface area contributed by atoms with Crippen molar-refractivity contribution in [2.45, 2.75) is 24.5 Å². The molecule has 0 amide bonds. The van der Waals surface area contributed by atoms with Gasteiger partial charge in [0.1, 0.15) is 18.3 Å². The minimum absolute atomic E-state index is 0.130. The van der Waals surface area contributed by atoms with Gasteiger partial charge in [-0.25, -0.2) is 4.98 Å². The smallest absolute Gasteiger partial charge is 0.340 e. The minimum Gasteiger partial charge on any atom is -0.387 e. The van der Waals surface area contributed by atoms with Crippen molar-refractivity contribution in [1.82, 2.24) is 19.5 Å². The number of anilines is 2. The summed E-state index contributed by atoms with van der Waals surface area (Å²) in [4.78, 5) is 40.3. The summed E-state index contributed by atoms with van der Waals surface area (Å²) in [6.07, 6.45) is -4.36. The highest BCUT2D eigenvalue weighted by atomic mass is 35.5. The Hall–Kier alpha value is -2.48. The molecule has 2 aromatic carbocycles. The molecule has 1 aliphatic heterocycles. The molecule has 0 spiro atoms. The number of fused-ring (bicyclic) bond motifs is 2. The van der Waals surface area contributed by atoms with E-state index in [2.05, 4.69) is 20.3 Å². The fraction of sp³-hybridized carbons (Fsp3) is 0.286. The van der Waals surface area contributed by atoms with Gasteiger partial charge in [-0.05, 0) is 34.5 Å². The Morgan fingerprint density at radius 1 is 1.05 bits per heavy atom. The average Bonchev–Trinajstić information content (AvgIpc) is 3.37. The summed E-state index contributed by atoms with van der Waals surface area (Å²) < 4.78 is 34.7. The van der Waals surface area contributed by atoms with Crippen LogP contribution < -0.4 is 5.32 Å². The molecule has 3 heterocycles. The van der Waals surface area contributed by atoms with Crippen molar-refractivity contribution in [3.05, 3.63) is 54.1 Å². The number of aliphatic hydroxyl groups is 2. The summed E-state index contributed by atoms with van der Waals surface area (Å²) in [6, 6.07) is 13.5. The Morgan fingerprint density at radius 3 is 2.53 bits per heavy atom. The van der Waals surface area contributed by atoms with Gasteiger partial charge in [-0.3, -0.25) is 13.7 Å². The van der Waals surface area contributed by atoms with Crippen LogP contribution in [-0.2, 0) is 18.4 Å². The van der Waals surface area contributed by atoms with Crippen LogP contribution in [0.2, 0.25) is 5.28 Å². The number of imidazole rings is 1. The number of nitrogens with zero attached hydrogens (tertiary/aromatic N) is 4. The number of halogens is 1. The Bertz CT molecular complexity index is 1600. The minimum atomic E-state index is -4.84. The van der Waals surface area contributed by atoms with Gasteiger partial charge in [0.05, 0.1) is 12.9 Å². The zero-order chi connectivity index (χ0) is 27.2. The Labute approximate surface area is 219 Å². The zero-order valence-electron chi connectivity index (χ0n) is 19.3. The first-order valence-corrected chi connectivity index (χ1v) is 15.0. The number of aromatic nitrogens is 4. The second kappa shape index (κ2) is 10.2. The molecule has 5 atom stereocenters. The van der Waals surface area contributed by atoms with Gasteiger partial charge in [-0.1, -0.05) is 30.3 Å². The fourth-order valence-corrected chi connectivity index (χ4v) is 6.86. The second-order valence-electron chi connectivity index (χ2n) is 8.64. The van der Waals surface area contributed by atoms with Crippen molar-refractivity contribution in [2.24, 2.45) is 0 Å². The normalized spacial score (nSPS) is 23.6. The van der Waals surface area contributed by atoms with Gasteiger partial charge in [0.15, 0.2) is 29.1 Å². The van der Waals surface area contributed by atoms with E-state index < -0.39 is 52.2 Å². The lowest BCUT2D eigenvalue weighted by Crippen LogP contribution is -2.33. The van der Waals surface area contributed by atoms with Gasteiger partial charge < -0.3 is 39.5 Å². The van der Waals surface area contributed by atoms with Gasteiger partial charge in [0, 0.05) is 5.69 Å². The lowest BCUT2D eigenvalue weighted by Gasteiger charge is -2.18. The quantitative estimate of drug-likeness (QED) is 0.130. The number of hydrogen-bond acceptors (Lipinski definition) is 10. The third-order valence-corrected chi connectivity index (χ3v) is 9.45.